The number of fused-ring (bicyclic) bond motifs is 1. The molecule has 1 aliphatic heterocycles. The van der Waals surface area contributed by atoms with Crippen LogP contribution in [0, 0.1) is 5.82 Å². The van der Waals surface area contributed by atoms with Crippen molar-refractivity contribution < 1.29 is 4.39 Å². The van der Waals surface area contributed by atoms with Gasteiger partial charge in [0, 0.05) is 24.5 Å². The highest BCUT2D eigenvalue weighted by atomic mass is 19.1. The highest BCUT2D eigenvalue weighted by Crippen LogP contribution is 2.35. The molecule has 1 aromatic heterocycles. The van der Waals surface area contributed by atoms with Gasteiger partial charge in [-0.2, -0.15) is 0 Å². The van der Waals surface area contributed by atoms with Crippen molar-refractivity contribution in [3.8, 4) is 0 Å². The first-order chi connectivity index (χ1) is 10.8. The molecule has 1 aromatic carbocycles. The van der Waals surface area contributed by atoms with Crippen molar-refractivity contribution in [1.29, 1.82) is 0 Å². The Labute approximate surface area is 130 Å². The summed E-state index contributed by atoms with van der Waals surface area (Å²) < 4.78 is 14.5. The molecule has 2 fully saturated rings. The summed E-state index contributed by atoms with van der Waals surface area (Å²) in [6, 6.07) is 5.86. The maximum Gasteiger partial charge on any atom is 0.139 e. The summed E-state index contributed by atoms with van der Waals surface area (Å²) in [5, 5.41) is 5.22. The Bertz CT molecular complexity index is 673. The van der Waals surface area contributed by atoms with Crippen LogP contribution in [0.15, 0.2) is 24.4 Å². The maximum absolute atomic E-state index is 14.5. The average molecular weight is 299 g/mol. The summed E-state index contributed by atoms with van der Waals surface area (Å²) in [6.45, 7) is 1.96. The zero-order valence-corrected chi connectivity index (χ0v) is 12.8. The molecule has 0 amide bonds. The molecule has 1 saturated heterocycles. The molecule has 3 nitrogen and oxygen atoms in total. The van der Waals surface area contributed by atoms with Crippen molar-refractivity contribution in [2.75, 3.05) is 23.3 Å². The molecule has 4 rings (SSSR count). The quantitative estimate of drug-likeness (QED) is 0.914. The second kappa shape index (κ2) is 5.75. The molecule has 0 unspecified atom stereocenters. The molecule has 4 heteroatoms. The van der Waals surface area contributed by atoms with Gasteiger partial charge in [-0.05, 0) is 31.7 Å². The molecular formula is C18H22FN3. The smallest absolute Gasteiger partial charge is 0.139 e. The van der Waals surface area contributed by atoms with E-state index in [4.69, 9.17) is 0 Å². The van der Waals surface area contributed by atoms with Crippen molar-refractivity contribution in [2.24, 2.45) is 0 Å². The van der Waals surface area contributed by atoms with Crippen LogP contribution in [0.3, 0.4) is 0 Å². The number of halogens is 1. The predicted octanol–water partition coefficient (Wildman–Crippen LogP) is 4.33. The van der Waals surface area contributed by atoms with Gasteiger partial charge in [0.25, 0.3) is 0 Å². The fourth-order valence-electron chi connectivity index (χ4n) is 3.81. The first-order valence-electron chi connectivity index (χ1n) is 8.41. The molecule has 22 heavy (non-hydrogen) atoms. The van der Waals surface area contributed by atoms with Gasteiger partial charge in [-0.1, -0.05) is 25.0 Å². The summed E-state index contributed by atoms with van der Waals surface area (Å²) >= 11 is 0. The molecule has 116 valence electrons. The third-order valence-corrected chi connectivity index (χ3v) is 4.96. The number of hydrogen-bond acceptors (Lipinski definition) is 3. The van der Waals surface area contributed by atoms with E-state index in [1.807, 2.05) is 12.3 Å². The molecule has 0 atom stereocenters. The van der Waals surface area contributed by atoms with Gasteiger partial charge in [-0.15, -0.1) is 0 Å². The summed E-state index contributed by atoms with van der Waals surface area (Å²) in [5.41, 5.74) is 0.976. The fraction of sp³-hybridized carbons (Fsp3) is 0.500. The zero-order valence-electron chi connectivity index (χ0n) is 12.8. The van der Waals surface area contributed by atoms with Crippen LogP contribution in [0.25, 0.3) is 10.8 Å². The van der Waals surface area contributed by atoms with Gasteiger partial charge < -0.3 is 10.2 Å². The largest absolute Gasteiger partial charge is 0.381 e. The minimum Gasteiger partial charge on any atom is -0.381 e. The molecule has 0 radical (unpaired) electrons. The van der Waals surface area contributed by atoms with E-state index in [2.05, 4.69) is 15.2 Å². The van der Waals surface area contributed by atoms with Crippen molar-refractivity contribution in [3.05, 3.63) is 30.2 Å². The lowest BCUT2D eigenvalue weighted by molar-refractivity contribution is 0.639. The summed E-state index contributed by atoms with van der Waals surface area (Å²) in [5.74, 6) is 0.643. The Morgan fingerprint density at radius 3 is 2.64 bits per heavy atom. The molecule has 0 bridgehead atoms. The van der Waals surface area contributed by atoms with E-state index in [1.165, 1.54) is 38.5 Å². The number of anilines is 2. The lowest BCUT2D eigenvalue weighted by Gasteiger charge is -2.21. The van der Waals surface area contributed by atoms with Crippen LogP contribution in [0.1, 0.15) is 38.5 Å². The summed E-state index contributed by atoms with van der Waals surface area (Å²) in [6.07, 6.45) is 9.19. The van der Waals surface area contributed by atoms with E-state index in [1.54, 1.807) is 12.1 Å². The highest BCUT2D eigenvalue weighted by Gasteiger charge is 2.21. The van der Waals surface area contributed by atoms with Crippen LogP contribution in [-0.4, -0.2) is 24.1 Å². The molecular weight excluding hydrogens is 277 g/mol. The fourth-order valence-corrected chi connectivity index (χ4v) is 3.81. The number of nitrogens with zero attached hydrogens (tertiary/aromatic N) is 2. The molecule has 2 heterocycles. The third kappa shape index (κ3) is 2.40. The van der Waals surface area contributed by atoms with Crippen molar-refractivity contribution in [1.82, 2.24) is 4.98 Å². The topological polar surface area (TPSA) is 28.2 Å². The van der Waals surface area contributed by atoms with E-state index in [0.717, 1.165) is 30.0 Å². The molecule has 1 saturated carbocycles. The van der Waals surface area contributed by atoms with Crippen LogP contribution >= 0.6 is 0 Å². The maximum atomic E-state index is 14.5. The Morgan fingerprint density at radius 2 is 1.86 bits per heavy atom. The van der Waals surface area contributed by atoms with Crippen LogP contribution in [-0.2, 0) is 0 Å². The molecule has 2 aromatic rings. The van der Waals surface area contributed by atoms with Gasteiger partial charge in [0.2, 0.25) is 0 Å². The van der Waals surface area contributed by atoms with Gasteiger partial charge in [0.15, 0.2) is 0 Å². The monoisotopic (exact) mass is 299 g/mol. The minimum absolute atomic E-state index is 0.165. The van der Waals surface area contributed by atoms with E-state index in [0.29, 0.717) is 11.4 Å². The second-order valence-corrected chi connectivity index (χ2v) is 6.48. The Kier molecular flexibility index (Phi) is 3.60. The zero-order chi connectivity index (χ0) is 14.9. The molecule has 1 N–H and O–H groups in total. The minimum atomic E-state index is -0.165. The van der Waals surface area contributed by atoms with Gasteiger partial charge >= 0.3 is 0 Å². The predicted molar refractivity (Wildman–Crippen MR) is 89.0 cm³/mol. The van der Waals surface area contributed by atoms with Crippen LogP contribution in [0.4, 0.5) is 15.9 Å². The van der Waals surface area contributed by atoms with Gasteiger partial charge in [0.1, 0.15) is 11.6 Å². The number of pyridine rings is 1. The molecule has 0 spiro atoms. The Hall–Kier alpha value is -1.84. The van der Waals surface area contributed by atoms with Crippen molar-refractivity contribution in [3.63, 3.8) is 0 Å². The third-order valence-electron chi connectivity index (χ3n) is 4.96. The normalized spacial score (nSPS) is 19.2. The first-order valence-corrected chi connectivity index (χ1v) is 8.41. The van der Waals surface area contributed by atoms with Gasteiger partial charge in [-0.25, -0.2) is 9.37 Å². The van der Waals surface area contributed by atoms with Gasteiger partial charge in [-0.3, -0.25) is 0 Å². The van der Waals surface area contributed by atoms with Crippen LogP contribution in [0.5, 0.6) is 0 Å². The summed E-state index contributed by atoms with van der Waals surface area (Å²) in [7, 11) is 0. The summed E-state index contributed by atoms with van der Waals surface area (Å²) in [4.78, 5) is 6.83. The molecule has 2 aliphatic rings. The first kappa shape index (κ1) is 13.8. The van der Waals surface area contributed by atoms with E-state index in [-0.39, 0.29) is 5.82 Å². The Morgan fingerprint density at radius 1 is 1.09 bits per heavy atom. The number of hydrogen-bond donors (Lipinski definition) is 1. The lowest BCUT2D eigenvalue weighted by Crippen LogP contribution is -2.20. The van der Waals surface area contributed by atoms with E-state index >= 15 is 0 Å². The van der Waals surface area contributed by atoms with Crippen molar-refractivity contribution >= 4 is 22.3 Å². The van der Waals surface area contributed by atoms with Crippen LogP contribution < -0.4 is 10.2 Å². The average Bonchev–Trinajstić information content (AvgIpc) is 3.21. The van der Waals surface area contributed by atoms with Crippen molar-refractivity contribution in [2.45, 2.75) is 44.6 Å². The number of rotatable bonds is 3. The Balaban J connectivity index is 1.79. The SMILES string of the molecule is Fc1cccc2c(NC3CCCC3)cnc(N3CCCC3)c12. The standard InChI is InChI=1S/C18H22FN3/c19-15-9-5-8-14-16(21-13-6-1-2-7-13)12-20-18(17(14)15)22-10-3-4-11-22/h5,8-9,12-13,21H,1-4,6-7,10-11H2. The van der Waals surface area contributed by atoms with E-state index < -0.39 is 0 Å². The van der Waals surface area contributed by atoms with Crippen LogP contribution in [0.2, 0.25) is 0 Å². The number of benzene rings is 1. The molecule has 1 aliphatic carbocycles. The van der Waals surface area contributed by atoms with Gasteiger partial charge in [0.05, 0.1) is 17.3 Å². The second-order valence-electron chi connectivity index (χ2n) is 6.48. The highest BCUT2D eigenvalue weighted by molar-refractivity contribution is 6.00. The number of nitrogens with one attached hydrogen (secondary N) is 1. The number of aromatic nitrogens is 1. The lowest BCUT2D eigenvalue weighted by atomic mass is 10.1. The van der Waals surface area contributed by atoms with E-state index in [9.17, 15) is 4.39 Å².